The molecule has 1 aromatic rings. The maximum Gasteiger partial charge on any atom is 0.139 e. The van der Waals surface area contributed by atoms with Crippen molar-refractivity contribution in [2.45, 2.75) is 33.1 Å². The third-order valence-electron chi connectivity index (χ3n) is 4.64. The minimum absolute atomic E-state index is 0.425. The van der Waals surface area contributed by atoms with Gasteiger partial charge < -0.3 is 14.9 Å². The van der Waals surface area contributed by atoms with Gasteiger partial charge in [0, 0.05) is 31.9 Å². The number of piperidine rings is 1. The van der Waals surface area contributed by atoms with Gasteiger partial charge in [-0.1, -0.05) is 13.8 Å². The van der Waals surface area contributed by atoms with E-state index in [1.54, 1.807) is 0 Å². The summed E-state index contributed by atoms with van der Waals surface area (Å²) in [5, 5.41) is 10.2. The van der Waals surface area contributed by atoms with E-state index in [1.165, 1.54) is 24.9 Å². The van der Waals surface area contributed by atoms with Crippen molar-refractivity contribution < 1.29 is 5.11 Å². The van der Waals surface area contributed by atoms with Gasteiger partial charge in [-0.15, -0.1) is 0 Å². The molecule has 20 heavy (non-hydrogen) atoms. The molecule has 2 atom stereocenters. The van der Waals surface area contributed by atoms with Crippen molar-refractivity contribution in [2.24, 2.45) is 11.8 Å². The summed E-state index contributed by atoms with van der Waals surface area (Å²) in [6.07, 6.45) is 3.87. The van der Waals surface area contributed by atoms with Crippen molar-refractivity contribution in [3.63, 3.8) is 0 Å². The highest BCUT2D eigenvalue weighted by Gasteiger charge is 2.24. The molecule has 0 spiro atoms. The number of anilines is 2. The van der Waals surface area contributed by atoms with Crippen LogP contribution in [0.3, 0.4) is 0 Å². The average molecular weight is 274 g/mol. The van der Waals surface area contributed by atoms with Crippen LogP contribution in [0.5, 0.6) is 5.75 Å². The van der Waals surface area contributed by atoms with E-state index in [0.717, 1.165) is 31.9 Å². The number of phenols is 1. The van der Waals surface area contributed by atoms with Crippen LogP contribution in [0.25, 0.3) is 0 Å². The quantitative estimate of drug-likeness (QED) is 0.894. The van der Waals surface area contributed by atoms with E-state index >= 15 is 0 Å². The molecule has 1 aromatic carbocycles. The maximum atomic E-state index is 10.2. The lowest BCUT2D eigenvalue weighted by molar-refractivity contribution is 0.353. The third-order valence-corrected chi connectivity index (χ3v) is 4.64. The molecule has 0 aromatic heterocycles. The lowest BCUT2D eigenvalue weighted by atomic mass is 9.91. The first-order valence-corrected chi connectivity index (χ1v) is 7.96. The van der Waals surface area contributed by atoms with Crippen LogP contribution in [0.4, 0.5) is 11.4 Å². The molecule has 0 saturated carbocycles. The fourth-order valence-corrected chi connectivity index (χ4v) is 3.80. The lowest BCUT2D eigenvalue weighted by Gasteiger charge is -2.37. The smallest absolute Gasteiger partial charge is 0.139 e. The highest BCUT2D eigenvalue weighted by Crippen LogP contribution is 2.36. The van der Waals surface area contributed by atoms with Crippen LogP contribution in [-0.2, 0) is 0 Å². The minimum atomic E-state index is 0.425. The van der Waals surface area contributed by atoms with Crippen molar-refractivity contribution in [1.29, 1.82) is 0 Å². The van der Waals surface area contributed by atoms with Gasteiger partial charge in [-0.05, 0) is 49.3 Å². The zero-order valence-corrected chi connectivity index (χ0v) is 12.7. The fraction of sp³-hybridized carbons (Fsp3) is 0.647. The number of benzene rings is 1. The minimum Gasteiger partial charge on any atom is -0.506 e. The molecular formula is C17H26N2O. The summed E-state index contributed by atoms with van der Waals surface area (Å²) in [5.74, 6) is 1.83. The number of rotatable bonds is 2. The second kappa shape index (κ2) is 5.55. The van der Waals surface area contributed by atoms with Gasteiger partial charge >= 0.3 is 0 Å². The Morgan fingerprint density at radius 1 is 1.00 bits per heavy atom. The van der Waals surface area contributed by atoms with Gasteiger partial charge in [0.2, 0.25) is 0 Å². The van der Waals surface area contributed by atoms with Gasteiger partial charge in [-0.2, -0.15) is 0 Å². The van der Waals surface area contributed by atoms with E-state index in [2.05, 4.69) is 35.8 Å². The standard InChI is InChI=1S/C17H26N2O/c1-13-9-14(2)12-19(11-13)16-10-15(5-6-17(16)20)18-7-3-4-8-18/h5-6,10,13-14,20H,3-4,7-9,11-12H2,1-2H3. The molecule has 2 aliphatic rings. The summed E-state index contributed by atoms with van der Waals surface area (Å²) in [6.45, 7) is 9.03. The molecule has 3 rings (SSSR count). The van der Waals surface area contributed by atoms with Crippen molar-refractivity contribution in [3.05, 3.63) is 18.2 Å². The van der Waals surface area contributed by atoms with Crippen LogP contribution >= 0.6 is 0 Å². The molecule has 3 nitrogen and oxygen atoms in total. The van der Waals surface area contributed by atoms with Crippen LogP contribution < -0.4 is 9.80 Å². The van der Waals surface area contributed by atoms with Crippen LogP contribution in [0, 0.1) is 11.8 Å². The topological polar surface area (TPSA) is 26.7 Å². The zero-order valence-electron chi connectivity index (χ0n) is 12.7. The molecule has 2 unspecified atom stereocenters. The first-order chi connectivity index (χ1) is 9.63. The monoisotopic (exact) mass is 274 g/mol. The van der Waals surface area contributed by atoms with Crippen LogP contribution in [0.15, 0.2) is 18.2 Å². The van der Waals surface area contributed by atoms with E-state index in [9.17, 15) is 5.11 Å². The summed E-state index contributed by atoms with van der Waals surface area (Å²) in [7, 11) is 0. The summed E-state index contributed by atoms with van der Waals surface area (Å²) < 4.78 is 0. The van der Waals surface area contributed by atoms with Crippen LogP contribution in [0.1, 0.15) is 33.1 Å². The molecule has 0 amide bonds. The molecule has 0 radical (unpaired) electrons. The molecule has 2 heterocycles. The molecular weight excluding hydrogens is 248 g/mol. The second-order valence-electron chi connectivity index (χ2n) is 6.72. The van der Waals surface area contributed by atoms with Crippen molar-refractivity contribution in [2.75, 3.05) is 36.0 Å². The number of aromatic hydroxyl groups is 1. The third kappa shape index (κ3) is 2.72. The highest BCUT2D eigenvalue weighted by molar-refractivity contribution is 5.67. The van der Waals surface area contributed by atoms with E-state index in [-0.39, 0.29) is 0 Å². The van der Waals surface area contributed by atoms with Crippen molar-refractivity contribution in [1.82, 2.24) is 0 Å². The predicted molar refractivity (Wildman–Crippen MR) is 84.7 cm³/mol. The van der Waals surface area contributed by atoms with Gasteiger partial charge in [0.1, 0.15) is 5.75 Å². The molecule has 2 fully saturated rings. The van der Waals surface area contributed by atoms with Crippen molar-refractivity contribution >= 4 is 11.4 Å². The molecule has 2 aliphatic heterocycles. The number of hydrogen-bond donors (Lipinski definition) is 1. The number of phenolic OH excluding ortho intramolecular Hbond substituents is 1. The predicted octanol–water partition coefficient (Wildman–Crippen LogP) is 3.47. The average Bonchev–Trinajstić information content (AvgIpc) is 2.92. The van der Waals surface area contributed by atoms with Crippen molar-refractivity contribution in [3.8, 4) is 5.75 Å². The van der Waals surface area contributed by atoms with Gasteiger partial charge in [-0.25, -0.2) is 0 Å². The number of hydrogen-bond acceptors (Lipinski definition) is 3. The van der Waals surface area contributed by atoms with Crippen LogP contribution in [-0.4, -0.2) is 31.3 Å². The molecule has 2 saturated heterocycles. The lowest BCUT2D eigenvalue weighted by Crippen LogP contribution is -2.38. The Balaban J connectivity index is 1.85. The maximum absolute atomic E-state index is 10.2. The largest absolute Gasteiger partial charge is 0.506 e. The van der Waals surface area contributed by atoms with E-state index in [4.69, 9.17) is 0 Å². The summed E-state index contributed by atoms with van der Waals surface area (Å²) >= 11 is 0. The zero-order chi connectivity index (χ0) is 14.1. The first-order valence-electron chi connectivity index (χ1n) is 7.96. The van der Waals surface area contributed by atoms with Gasteiger partial charge in [0.05, 0.1) is 5.69 Å². The van der Waals surface area contributed by atoms with E-state index < -0.39 is 0 Å². The second-order valence-corrected chi connectivity index (χ2v) is 6.72. The van der Waals surface area contributed by atoms with Crippen LogP contribution in [0.2, 0.25) is 0 Å². The first kappa shape index (κ1) is 13.6. The van der Waals surface area contributed by atoms with Gasteiger partial charge in [0.15, 0.2) is 0 Å². The Morgan fingerprint density at radius 2 is 1.65 bits per heavy atom. The highest BCUT2D eigenvalue weighted by atomic mass is 16.3. The Kier molecular flexibility index (Phi) is 3.77. The van der Waals surface area contributed by atoms with Gasteiger partial charge in [0.25, 0.3) is 0 Å². The Bertz CT molecular complexity index is 458. The molecule has 110 valence electrons. The molecule has 0 bridgehead atoms. The normalized spacial score (nSPS) is 27.1. The molecule has 1 N–H and O–H groups in total. The molecule has 0 aliphatic carbocycles. The fourth-order valence-electron chi connectivity index (χ4n) is 3.80. The summed E-state index contributed by atoms with van der Waals surface area (Å²) in [6, 6.07) is 6.11. The molecule has 3 heteroatoms. The van der Waals surface area contributed by atoms with E-state index in [0.29, 0.717) is 17.6 Å². The Hall–Kier alpha value is -1.38. The SMILES string of the molecule is CC1CC(C)CN(c2cc(N3CCCC3)ccc2O)C1. The summed E-state index contributed by atoms with van der Waals surface area (Å²) in [4.78, 5) is 4.80. The van der Waals surface area contributed by atoms with E-state index in [1.807, 2.05) is 6.07 Å². The van der Waals surface area contributed by atoms with Gasteiger partial charge in [-0.3, -0.25) is 0 Å². The Morgan fingerprint density at radius 3 is 2.30 bits per heavy atom. The number of nitrogens with zero attached hydrogens (tertiary/aromatic N) is 2. The summed E-state index contributed by atoms with van der Waals surface area (Å²) in [5.41, 5.74) is 2.29. The Labute approximate surface area is 122 Å².